The summed E-state index contributed by atoms with van der Waals surface area (Å²) in [5.74, 6) is 0.937. The lowest BCUT2D eigenvalue weighted by atomic mass is 9.95. The lowest BCUT2D eigenvalue weighted by molar-refractivity contribution is 0.306. The number of aryl methyl sites for hydroxylation is 3. The van der Waals surface area contributed by atoms with Crippen molar-refractivity contribution in [2.45, 2.75) is 27.4 Å². The van der Waals surface area contributed by atoms with Crippen LogP contribution >= 0.6 is 11.6 Å². The van der Waals surface area contributed by atoms with Gasteiger partial charge in [0.25, 0.3) is 0 Å². The molecular formula is C25H24ClNO. The number of fused-ring (bicyclic) bond motifs is 1. The number of aromatic nitrogens is 1. The van der Waals surface area contributed by atoms with Gasteiger partial charge >= 0.3 is 0 Å². The van der Waals surface area contributed by atoms with Crippen LogP contribution in [0.15, 0.2) is 60.7 Å². The smallest absolute Gasteiger partial charge is 0.131 e. The number of hydrogen-bond donors (Lipinski definition) is 0. The van der Waals surface area contributed by atoms with Gasteiger partial charge in [0.1, 0.15) is 12.4 Å². The van der Waals surface area contributed by atoms with E-state index >= 15 is 0 Å². The van der Waals surface area contributed by atoms with Crippen molar-refractivity contribution in [3.05, 3.63) is 88.1 Å². The van der Waals surface area contributed by atoms with Crippen LogP contribution in [0, 0.1) is 20.8 Å². The van der Waals surface area contributed by atoms with Gasteiger partial charge in [0.05, 0.1) is 0 Å². The van der Waals surface area contributed by atoms with Crippen molar-refractivity contribution in [3.63, 3.8) is 0 Å². The maximum absolute atomic E-state index is 6.41. The highest BCUT2D eigenvalue weighted by atomic mass is 35.5. The summed E-state index contributed by atoms with van der Waals surface area (Å²) in [5.41, 5.74) is 8.33. The average molecular weight is 390 g/mol. The van der Waals surface area contributed by atoms with Crippen LogP contribution in [0.3, 0.4) is 0 Å². The Labute approximate surface area is 171 Å². The SMILES string of the molecule is Cc1cc2c(c(C)c(C)n2C)c(-c2ccc(Cl)cc2)c1OCc1ccccc1. The maximum atomic E-state index is 6.41. The van der Waals surface area contributed by atoms with Crippen molar-refractivity contribution < 1.29 is 4.74 Å². The fourth-order valence-electron chi connectivity index (χ4n) is 3.85. The molecule has 2 nitrogen and oxygen atoms in total. The first-order chi connectivity index (χ1) is 13.5. The zero-order chi connectivity index (χ0) is 19.8. The maximum Gasteiger partial charge on any atom is 0.131 e. The first-order valence-corrected chi connectivity index (χ1v) is 9.87. The molecule has 0 saturated heterocycles. The van der Waals surface area contributed by atoms with Crippen molar-refractivity contribution in [2.75, 3.05) is 0 Å². The van der Waals surface area contributed by atoms with Gasteiger partial charge < -0.3 is 9.30 Å². The zero-order valence-electron chi connectivity index (χ0n) is 16.7. The van der Waals surface area contributed by atoms with Crippen molar-refractivity contribution in [2.24, 2.45) is 7.05 Å². The number of benzene rings is 3. The van der Waals surface area contributed by atoms with E-state index in [1.54, 1.807) is 0 Å². The van der Waals surface area contributed by atoms with Crippen molar-refractivity contribution in [1.29, 1.82) is 0 Å². The Morgan fingerprint density at radius 1 is 0.929 bits per heavy atom. The summed E-state index contributed by atoms with van der Waals surface area (Å²) in [6, 6.07) is 20.6. The third-order valence-corrected chi connectivity index (χ3v) is 5.84. The van der Waals surface area contributed by atoms with Gasteiger partial charge in [-0.2, -0.15) is 0 Å². The first kappa shape index (κ1) is 18.6. The Morgan fingerprint density at radius 2 is 1.61 bits per heavy atom. The second-order valence-corrected chi connectivity index (χ2v) is 7.78. The van der Waals surface area contributed by atoms with Crippen LogP contribution < -0.4 is 4.74 Å². The van der Waals surface area contributed by atoms with Crippen LogP contribution in [-0.4, -0.2) is 4.57 Å². The summed E-state index contributed by atoms with van der Waals surface area (Å²) in [4.78, 5) is 0. The van der Waals surface area contributed by atoms with E-state index in [4.69, 9.17) is 16.3 Å². The fraction of sp³-hybridized carbons (Fsp3) is 0.200. The lowest BCUT2D eigenvalue weighted by Gasteiger charge is -2.17. The van der Waals surface area contributed by atoms with Gasteiger partial charge in [-0.15, -0.1) is 0 Å². The molecule has 142 valence electrons. The molecule has 4 aromatic rings. The number of nitrogens with zero attached hydrogens (tertiary/aromatic N) is 1. The first-order valence-electron chi connectivity index (χ1n) is 9.49. The number of hydrogen-bond acceptors (Lipinski definition) is 1. The van der Waals surface area contributed by atoms with E-state index in [0.717, 1.165) is 33.0 Å². The minimum atomic E-state index is 0.540. The Hall–Kier alpha value is -2.71. The van der Waals surface area contributed by atoms with E-state index in [1.165, 1.54) is 22.2 Å². The van der Waals surface area contributed by atoms with Crippen LogP contribution in [0.25, 0.3) is 22.0 Å². The minimum Gasteiger partial charge on any atom is -0.488 e. The lowest BCUT2D eigenvalue weighted by Crippen LogP contribution is -2.00. The molecule has 3 aromatic carbocycles. The average Bonchev–Trinajstić information content (AvgIpc) is 2.91. The van der Waals surface area contributed by atoms with E-state index in [-0.39, 0.29) is 0 Å². The molecule has 0 aliphatic carbocycles. The number of halogens is 1. The molecule has 0 amide bonds. The molecule has 3 heteroatoms. The van der Waals surface area contributed by atoms with E-state index in [9.17, 15) is 0 Å². The molecule has 0 radical (unpaired) electrons. The molecule has 0 unspecified atom stereocenters. The fourth-order valence-corrected chi connectivity index (χ4v) is 3.97. The van der Waals surface area contributed by atoms with E-state index in [0.29, 0.717) is 6.61 Å². The van der Waals surface area contributed by atoms with Crippen LogP contribution in [-0.2, 0) is 13.7 Å². The molecular weight excluding hydrogens is 366 g/mol. The van der Waals surface area contributed by atoms with Gasteiger partial charge in [0.15, 0.2) is 0 Å². The van der Waals surface area contributed by atoms with Gasteiger partial charge in [0.2, 0.25) is 0 Å². The van der Waals surface area contributed by atoms with Crippen molar-refractivity contribution in [3.8, 4) is 16.9 Å². The highest BCUT2D eigenvalue weighted by molar-refractivity contribution is 6.30. The minimum absolute atomic E-state index is 0.540. The topological polar surface area (TPSA) is 14.2 Å². The summed E-state index contributed by atoms with van der Waals surface area (Å²) in [6.45, 7) is 7.02. The highest BCUT2D eigenvalue weighted by Gasteiger charge is 2.20. The molecule has 0 spiro atoms. The van der Waals surface area contributed by atoms with Crippen LogP contribution in [0.1, 0.15) is 22.4 Å². The Balaban J connectivity index is 1.94. The molecule has 0 fully saturated rings. The summed E-state index contributed by atoms with van der Waals surface area (Å²) in [7, 11) is 2.13. The molecule has 0 atom stereocenters. The Kier molecular flexibility index (Phi) is 4.91. The van der Waals surface area contributed by atoms with Gasteiger partial charge in [-0.1, -0.05) is 54.1 Å². The second-order valence-electron chi connectivity index (χ2n) is 7.34. The molecule has 0 N–H and O–H groups in total. The predicted octanol–water partition coefficient (Wildman–Crippen LogP) is 7.00. The standard InChI is InChI=1S/C25H24ClNO/c1-16-14-22-23(17(2)18(3)27(22)4)24(20-10-12-21(26)13-11-20)25(16)28-15-19-8-6-5-7-9-19/h5-14H,15H2,1-4H3. The van der Waals surface area contributed by atoms with Gasteiger partial charge in [-0.25, -0.2) is 0 Å². The molecule has 4 rings (SSSR count). The van der Waals surface area contributed by atoms with E-state index in [2.05, 4.69) is 62.7 Å². The highest BCUT2D eigenvalue weighted by Crippen LogP contribution is 2.43. The van der Waals surface area contributed by atoms with Crippen LogP contribution in [0.4, 0.5) is 0 Å². The third-order valence-electron chi connectivity index (χ3n) is 5.59. The van der Waals surface area contributed by atoms with Gasteiger partial charge in [-0.05, 0) is 61.2 Å². The number of rotatable bonds is 4. The van der Waals surface area contributed by atoms with Gasteiger partial charge in [-0.3, -0.25) is 0 Å². The molecule has 0 bridgehead atoms. The zero-order valence-corrected chi connectivity index (χ0v) is 17.5. The third kappa shape index (κ3) is 3.18. The summed E-state index contributed by atoms with van der Waals surface area (Å²) >= 11 is 6.15. The Morgan fingerprint density at radius 3 is 2.29 bits per heavy atom. The number of ether oxygens (including phenoxy) is 1. The van der Waals surface area contributed by atoms with Crippen LogP contribution in [0.2, 0.25) is 5.02 Å². The van der Waals surface area contributed by atoms with Crippen LogP contribution in [0.5, 0.6) is 5.75 Å². The quantitative estimate of drug-likeness (QED) is 0.366. The van der Waals surface area contributed by atoms with E-state index < -0.39 is 0 Å². The summed E-state index contributed by atoms with van der Waals surface area (Å²) in [5, 5.41) is 1.98. The molecule has 0 saturated carbocycles. The molecule has 1 aromatic heterocycles. The molecule has 0 aliphatic rings. The predicted molar refractivity (Wildman–Crippen MR) is 118 cm³/mol. The van der Waals surface area contributed by atoms with Crippen molar-refractivity contribution >= 4 is 22.5 Å². The molecule has 0 aliphatic heterocycles. The summed E-state index contributed by atoms with van der Waals surface area (Å²) < 4.78 is 8.67. The monoisotopic (exact) mass is 389 g/mol. The Bertz CT molecular complexity index is 1140. The van der Waals surface area contributed by atoms with E-state index in [1.807, 2.05) is 30.3 Å². The molecule has 1 heterocycles. The summed E-state index contributed by atoms with van der Waals surface area (Å²) in [6.07, 6.45) is 0. The van der Waals surface area contributed by atoms with Gasteiger partial charge in [0, 0.05) is 34.2 Å². The largest absolute Gasteiger partial charge is 0.488 e. The molecule has 28 heavy (non-hydrogen) atoms. The van der Waals surface area contributed by atoms with Crippen molar-refractivity contribution in [1.82, 2.24) is 4.57 Å². The normalized spacial score (nSPS) is 11.2. The second kappa shape index (κ2) is 7.37.